The molecule has 5 nitrogen and oxygen atoms in total. The molecule has 0 aliphatic heterocycles. The third kappa shape index (κ3) is 2.67. The lowest BCUT2D eigenvalue weighted by Gasteiger charge is -2.10. The third-order valence-corrected chi connectivity index (χ3v) is 4.26. The highest BCUT2D eigenvalue weighted by molar-refractivity contribution is 5.95. The van der Waals surface area contributed by atoms with Gasteiger partial charge in [-0.25, -0.2) is 4.98 Å². The molecule has 1 aromatic heterocycles. The van der Waals surface area contributed by atoms with Gasteiger partial charge < -0.3 is 4.74 Å². The van der Waals surface area contributed by atoms with Gasteiger partial charge in [-0.05, 0) is 37.6 Å². The second-order valence-electron chi connectivity index (χ2n) is 5.92. The van der Waals surface area contributed by atoms with Crippen LogP contribution in [0.4, 0.5) is 5.95 Å². The van der Waals surface area contributed by atoms with E-state index in [0.717, 1.165) is 23.1 Å². The molecule has 24 heavy (non-hydrogen) atoms. The summed E-state index contributed by atoms with van der Waals surface area (Å²) in [7, 11) is 0. The van der Waals surface area contributed by atoms with E-state index in [9.17, 15) is 4.79 Å². The number of para-hydroxylation sites is 3. The number of ether oxygens (including phenoxy) is 1. The van der Waals surface area contributed by atoms with Gasteiger partial charge in [0.15, 0.2) is 0 Å². The Morgan fingerprint density at radius 2 is 1.96 bits per heavy atom. The Kier molecular flexibility index (Phi) is 3.78. The molecule has 122 valence electrons. The van der Waals surface area contributed by atoms with Crippen molar-refractivity contribution in [2.45, 2.75) is 19.4 Å². The molecule has 0 unspecified atom stereocenters. The smallest absolute Gasteiger partial charge is 0.232 e. The topological polar surface area (TPSA) is 56.1 Å². The Balaban J connectivity index is 1.69. The van der Waals surface area contributed by atoms with E-state index in [2.05, 4.69) is 10.3 Å². The molecule has 0 spiro atoms. The van der Waals surface area contributed by atoms with E-state index in [1.807, 2.05) is 66.1 Å². The van der Waals surface area contributed by atoms with Crippen LogP contribution in [0.5, 0.6) is 0 Å². The van der Waals surface area contributed by atoms with E-state index < -0.39 is 0 Å². The van der Waals surface area contributed by atoms with E-state index in [-0.39, 0.29) is 17.9 Å². The van der Waals surface area contributed by atoms with Crippen molar-refractivity contribution in [1.82, 2.24) is 9.55 Å². The maximum Gasteiger partial charge on any atom is 0.232 e. The third-order valence-electron chi connectivity index (χ3n) is 4.26. The molecule has 1 N–H and O–H groups in total. The van der Waals surface area contributed by atoms with Gasteiger partial charge in [-0.1, -0.05) is 30.3 Å². The van der Waals surface area contributed by atoms with Gasteiger partial charge in [0.1, 0.15) is 0 Å². The van der Waals surface area contributed by atoms with Crippen molar-refractivity contribution < 1.29 is 9.53 Å². The van der Waals surface area contributed by atoms with Crippen molar-refractivity contribution in [2.24, 2.45) is 5.92 Å². The maximum atomic E-state index is 12.5. The molecule has 2 atom stereocenters. The summed E-state index contributed by atoms with van der Waals surface area (Å²) in [5.74, 6) is 0.449. The zero-order valence-corrected chi connectivity index (χ0v) is 13.5. The minimum absolute atomic E-state index is 0.0269. The molecular formula is C19H19N3O2. The van der Waals surface area contributed by atoms with Crippen LogP contribution in [0.15, 0.2) is 54.6 Å². The van der Waals surface area contributed by atoms with Crippen LogP contribution >= 0.6 is 0 Å². The molecule has 0 radical (unpaired) electrons. The Bertz CT molecular complexity index is 873. The summed E-state index contributed by atoms with van der Waals surface area (Å²) in [6, 6.07) is 17.8. The lowest BCUT2D eigenvalue weighted by atomic mass is 10.3. The quantitative estimate of drug-likeness (QED) is 0.783. The van der Waals surface area contributed by atoms with Gasteiger partial charge in [0.25, 0.3) is 0 Å². The Hall–Kier alpha value is -2.66. The largest absolute Gasteiger partial charge is 0.378 e. The summed E-state index contributed by atoms with van der Waals surface area (Å²) in [6.07, 6.45) is 0.829. The Morgan fingerprint density at radius 3 is 2.75 bits per heavy atom. The number of nitrogens with zero attached hydrogens (tertiary/aromatic N) is 2. The van der Waals surface area contributed by atoms with Gasteiger partial charge in [-0.3, -0.25) is 14.7 Å². The summed E-state index contributed by atoms with van der Waals surface area (Å²) in [5.41, 5.74) is 2.80. The predicted molar refractivity (Wildman–Crippen MR) is 93.2 cm³/mol. The Morgan fingerprint density at radius 1 is 1.21 bits per heavy atom. The van der Waals surface area contributed by atoms with Gasteiger partial charge in [-0.15, -0.1) is 0 Å². The summed E-state index contributed by atoms with van der Waals surface area (Å²) < 4.78 is 7.49. The second kappa shape index (κ2) is 6.09. The van der Waals surface area contributed by atoms with E-state index >= 15 is 0 Å². The molecule has 1 heterocycles. The lowest BCUT2D eigenvalue weighted by molar-refractivity contribution is -0.118. The molecule has 4 rings (SSSR count). The number of hydrogen-bond donors (Lipinski definition) is 1. The normalized spacial score (nSPS) is 19.4. The van der Waals surface area contributed by atoms with Crippen LogP contribution in [0, 0.1) is 5.92 Å². The van der Waals surface area contributed by atoms with Crippen LogP contribution in [0.25, 0.3) is 16.7 Å². The molecule has 1 amide bonds. The number of rotatable bonds is 5. The van der Waals surface area contributed by atoms with Crippen LogP contribution in [-0.2, 0) is 9.53 Å². The summed E-state index contributed by atoms with van der Waals surface area (Å²) >= 11 is 0. The minimum Gasteiger partial charge on any atom is -0.378 e. The second-order valence-corrected chi connectivity index (χ2v) is 5.92. The number of anilines is 1. The van der Waals surface area contributed by atoms with Gasteiger partial charge in [0.05, 0.1) is 23.1 Å². The number of benzene rings is 2. The first-order valence-corrected chi connectivity index (χ1v) is 8.23. The van der Waals surface area contributed by atoms with Crippen molar-refractivity contribution in [2.75, 3.05) is 11.9 Å². The van der Waals surface area contributed by atoms with E-state index in [4.69, 9.17) is 4.74 Å². The predicted octanol–water partition coefficient (Wildman–Crippen LogP) is 3.39. The van der Waals surface area contributed by atoms with Gasteiger partial charge >= 0.3 is 0 Å². The first kappa shape index (κ1) is 14.9. The van der Waals surface area contributed by atoms with Gasteiger partial charge in [0, 0.05) is 12.3 Å². The number of amides is 1. The van der Waals surface area contributed by atoms with Crippen molar-refractivity contribution >= 4 is 22.9 Å². The molecule has 3 aromatic rings. The number of aromatic nitrogens is 2. The SMILES string of the molecule is CCO[C@H]1C[C@@H]1C(=O)Nc1nc2ccccc2n1-c1ccccc1. The maximum absolute atomic E-state index is 12.5. The molecule has 1 aliphatic carbocycles. The average Bonchev–Trinajstić information content (AvgIpc) is 3.28. The van der Waals surface area contributed by atoms with Gasteiger partial charge in [-0.2, -0.15) is 0 Å². The van der Waals surface area contributed by atoms with Crippen LogP contribution in [-0.4, -0.2) is 28.2 Å². The molecule has 1 aliphatic rings. The fourth-order valence-corrected chi connectivity index (χ4v) is 3.00. The highest BCUT2D eigenvalue weighted by Crippen LogP contribution is 2.35. The summed E-state index contributed by atoms with van der Waals surface area (Å²) in [6.45, 7) is 2.58. The lowest BCUT2D eigenvalue weighted by Crippen LogP contribution is -2.19. The molecular weight excluding hydrogens is 302 g/mol. The summed E-state index contributed by atoms with van der Waals surface area (Å²) in [5, 5.41) is 2.98. The molecule has 1 fully saturated rings. The Labute approximate surface area is 140 Å². The fourth-order valence-electron chi connectivity index (χ4n) is 3.00. The van der Waals surface area contributed by atoms with Crippen LogP contribution in [0.1, 0.15) is 13.3 Å². The van der Waals surface area contributed by atoms with Crippen LogP contribution in [0.2, 0.25) is 0 Å². The fraction of sp³-hybridized carbons (Fsp3) is 0.263. The number of carbonyl (C=O) groups is 1. The van der Waals surface area contributed by atoms with Crippen LogP contribution in [0.3, 0.4) is 0 Å². The minimum atomic E-state index is -0.0750. The number of nitrogens with one attached hydrogen (secondary N) is 1. The number of carbonyl (C=O) groups excluding carboxylic acids is 1. The first-order valence-electron chi connectivity index (χ1n) is 8.23. The zero-order chi connectivity index (χ0) is 16.5. The van der Waals surface area contributed by atoms with E-state index in [0.29, 0.717) is 12.6 Å². The molecule has 1 saturated carbocycles. The van der Waals surface area contributed by atoms with E-state index in [1.165, 1.54) is 0 Å². The van der Waals surface area contributed by atoms with E-state index in [1.54, 1.807) is 0 Å². The highest BCUT2D eigenvalue weighted by atomic mass is 16.5. The van der Waals surface area contributed by atoms with Crippen molar-refractivity contribution in [3.05, 3.63) is 54.6 Å². The molecule has 5 heteroatoms. The molecule has 0 saturated heterocycles. The number of imidazole rings is 1. The van der Waals surface area contributed by atoms with Gasteiger partial charge in [0.2, 0.25) is 11.9 Å². The standard InChI is InChI=1S/C19H19N3O2/c1-2-24-17-12-14(17)18(23)21-19-20-15-10-6-7-11-16(15)22(19)13-8-4-3-5-9-13/h3-11,14,17H,2,12H2,1H3,(H,20,21,23)/t14-,17-/m0/s1. The van der Waals surface area contributed by atoms with Crippen molar-refractivity contribution in [3.8, 4) is 5.69 Å². The average molecular weight is 321 g/mol. The highest BCUT2D eigenvalue weighted by Gasteiger charge is 2.44. The molecule has 0 bridgehead atoms. The summed E-state index contributed by atoms with van der Waals surface area (Å²) in [4.78, 5) is 17.1. The molecule has 2 aromatic carbocycles. The first-order chi connectivity index (χ1) is 11.8. The van der Waals surface area contributed by atoms with Crippen LogP contribution < -0.4 is 5.32 Å². The number of fused-ring (bicyclic) bond motifs is 1. The van der Waals surface area contributed by atoms with Crippen molar-refractivity contribution in [3.63, 3.8) is 0 Å². The zero-order valence-electron chi connectivity index (χ0n) is 13.5. The monoisotopic (exact) mass is 321 g/mol. The number of hydrogen-bond acceptors (Lipinski definition) is 3. The van der Waals surface area contributed by atoms with Crippen molar-refractivity contribution in [1.29, 1.82) is 0 Å².